The average Bonchev–Trinajstić information content (AvgIpc) is 3.23. The Morgan fingerprint density at radius 3 is 2.69 bits per heavy atom. The van der Waals surface area contributed by atoms with Gasteiger partial charge in [-0.05, 0) is 56.7 Å². The number of rotatable bonds is 5. The van der Waals surface area contributed by atoms with E-state index >= 15 is 0 Å². The van der Waals surface area contributed by atoms with Crippen molar-refractivity contribution in [2.45, 2.75) is 26.8 Å². The Kier molecular flexibility index (Phi) is 5.53. The number of aromatic nitrogens is 2. The maximum Gasteiger partial charge on any atom is 0.337 e. The van der Waals surface area contributed by atoms with E-state index in [4.69, 9.17) is 4.42 Å². The number of para-hydroxylation sites is 1. The highest BCUT2D eigenvalue weighted by Crippen LogP contribution is 2.33. The minimum atomic E-state index is -1.04. The van der Waals surface area contributed by atoms with Crippen molar-refractivity contribution in [2.75, 3.05) is 5.32 Å². The summed E-state index contributed by atoms with van der Waals surface area (Å²) in [5.41, 5.74) is 4.07. The standard InChI is InChI=1S/C28H22N4O4/c1-15-10-20(17(3)31-23-7-5-4-6-19(23)28(34)35)27-21(11-15)25(33)22(12-29)26(36-27)18-8-9-24-30-16(2)13-32(24)14-18/h4-11,13-14,17,31H,1-3H3,(H,34,35). The van der Waals surface area contributed by atoms with Gasteiger partial charge in [-0.15, -0.1) is 0 Å². The van der Waals surface area contributed by atoms with Crippen molar-refractivity contribution in [2.24, 2.45) is 0 Å². The smallest absolute Gasteiger partial charge is 0.337 e. The van der Waals surface area contributed by atoms with Crippen molar-refractivity contribution in [3.8, 4) is 17.4 Å². The van der Waals surface area contributed by atoms with E-state index in [2.05, 4.69) is 10.3 Å². The molecule has 0 bridgehead atoms. The molecule has 2 N–H and O–H groups in total. The number of benzene rings is 2. The number of aromatic carboxylic acids is 1. The fraction of sp³-hybridized carbons (Fsp3) is 0.143. The van der Waals surface area contributed by atoms with Gasteiger partial charge in [0.1, 0.15) is 22.9 Å². The zero-order valence-electron chi connectivity index (χ0n) is 19.9. The molecule has 2 aromatic carbocycles. The molecule has 3 heterocycles. The molecule has 0 aliphatic heterocycles. The van der Waals surface area contributed by atoms with E-state index in [1.165, 1.54) is 6.07 Å². The number of anilines is 1. The Balaban J connectivity index is 1.71. The minimum Gasteiger partial charge on any atom is -0.478 e. The summed E-state index contributed by atoms with van der Waals surface area (Å²) in [4.78, 5) is 29.6. The summed E-state index contributed by atoms with van der Waals surface area (Å²) in [7, 11) is 0. The van der Waals surface area contributed by atoms with Gasteiger partial charge in [-0.3, -0.25) is 4.79 Å². The van der Waals surface area contributed by atoms with Crippen molar-refractivity contribution < 1.29 is 14.3 Å². The second-order valence-electron chi connectivity index (χ2n) is 8.76. The molecule has 0 aliphatic carbocycles. The Hall–Kier alpha value is -4.90. The second-order valence-corrected chi connectivity index (χ2v) is 8.76. The lowest BCUT2D eigenvalue weighted by Gasteiger charge is -2.19. The van der Waals surface area contributed by atoms with E-state index in [-0.39, 0.29) is 16.9 Å². The number of carbonyl (C=O) groups is 1. The lowest BCUT2D eigenvalue weighted by Crippen LogP contribution is -2.14. The summed E-state index contributed by atoms with van der Waals surface area (Å²) in [6.45, 7) is 5.61. The van der Waals surface area contributed by atoms with Gasteiger partial charge >= 0.3 is 5.97 Å². The Labute approximate surface area is 206 Å². The molecule has 1 atom stereocenters. The maximum atomic E-state index is 13.5. The van der Waals surface area contributed by atoms with Crippen molar-refractivity contribution in [3.05, 3.63) is 99.1 Å². The lowest BCUT2D eigenvalue weighted by molar-refractivity contribution is 0.0698. The number of pyridine rings is 1. The largest absolute Gasteiger partial charge is 0.478 e. The molecule has 8 heteroatoms. The first kappa shape index (κ1) is 22.9. The highest BCUT2D eigenvalue weighted by molar-refractivity contribution is 5.94. The summed E-state index contributed by atoms with van der Waals surface area (Å²) in [5, 5.41) is 23.0. The molecule has 0 fully saturated rings. The van der Waals surface area contributed by atoms with Crippen molar-refractivity contribution in [1.29, 1.82) is 5.26 Å². The van der Waals surface area contributed by atoms with Crippen LogP contribution >= 0.6 is 0 Å². The Morgan fingerprint density at radius 2 is 1.94 bits per heavy atom. The van der Waals surface area contributed by atoms with E-state index in [0.29, 0.717) is 27.8 Å². The van der Waals surface area contributed by atoms with Gasteiger partial charge in [-0.1, -0.05) is 18.2 Å². The van der Waals surface area contributed by atoms with Crippen molar-refractivity contribution in [1.82, 2.24) is 9.38 Å². The fourth-order valence-corrected chi connectivity index (χ4v) is 4.46. The van der Waals surface area contributed by atoms with Gasteiger partial charge in [-0.25, -0.2) is 9.78 Å². The predicted molar refractivity (Wildman–Crippen MR) is 136 cm³/mol. The third-order valence-corrected chi connectivity index (χ3v) is 6.11. The summed E-state index contributed by atoms with van der Waals surface area (Å²) < 4.78 is 8.14. The van der Waals surface area contributed by atoms with Gasteiger partial charge < -0.3 is 19.2 Å². The molecular weight excluding hydrogens is 456 g/mol. The van der Waals surface area contributed by atoms with Gasteiger partial charge in [-0.2, -0.15) is 5.26 Å². The van der Waals surface area contributed by atoms with Crippen LogP contribution in [0.4, 0.5) is 5.69 Å². The van der Waals surface area contributed by atoms with Crippen LogP contribution < -0.4 is 10.7 Å². The van der Waals surface area contributed by atoms with Crippen molar-refractivity contribution in [3.63, 3.8) is 0 Å². The first-order valence-electron chi connectivity index (χ1n) is 11.3. The normalized spacial score (nSPS) is 11.9. The molecule has 0 radical (unpaired) electrons. The third-order valence-electron chi connectivity index (χ3n) is 6.11. The number of nitrogens with one attached hydrogen (secondary N) is 1. The summed E-state index contributed by atoms with van der Waals surface area (Å²) in [6.07, 6.45) is 3.63. The van der Waals surface area contributed by atoms with E-state index in [9.17, 15) is 20.0 Å². The summed E-state index contributed by atoms with van der Waals surface area (Å²) in [5.74, 6) is -0.872. The molecule has 178 valence electrons. The molecule has 5 aromatic rings. The van der Waals surface area contributed by atoms with Crippen LogP contribution in [0.1, 0.15) is 45.7 Å². The van der Waals surface area contributed by atoms with Gasteiger partial charge in [0, 0.05) is 29.2 Å². The van der Waals surface area contributed by atoms with Crippen LogP contribution in [0.3, 0.4) is 0 Å². The lowest BCUT2D eigenvalue weighted by atomic mass is 9.98. The van der Waals surface area contributed by atoms with Crippen LogP contribution in [0.25, 0.3) is 27.9 Å². The summed E-state index contributed by atoms with van der Waals surface area (Å²) >= 11 is 0. The van der Waals surface area contributed by atoms with Crippen LogP contribution in [-0.4, -0.2) is 20.5 Å². The van der Waals surface area contributed by atoms with Crippen LogP contribution in [0.5, 0.6) is 0 Å². The van der Waals surface area contributed by atoms with E-state index in [0.717, 1.165) is 16.9 Å². The third kappa shape index (κ3) is 3.87. The van der Waals surface area contributed by atoms with E-state index in [1.807, 2.05) is 43.5 Å². The number of imidazole rings is 1. The van der Waals surface area contributed by atoms with Gasteiger partial charge in [0.05, 0.1) is 22.7 Å². The maximum absolute atomic E-state index is 13.5. The first-order valence-corrected chi connectivity index (χ1v) is 11.3. The van der Waals surface area contributed by atoms with Crippen LogP contribution in [0.15, 0.2) is 70.1 Å². The highest BCUT2D eigenvalue weighted by atomic mass is 16.4. The molecule has 8 nitrogen and oxygen atoms in total. The predicted octanol–water partition coefficient (Wildman–Crippen LogP) is 5.47. The number of nitriles is 1. The molecule has 5 rings (SSSR count). The second kappa shape index (κ2) is 8.71. The molecule has 0 saturated carbocycles. The Bertz CT molecular complexity index is 1780. The number of hydrogen-bond donors (Lipinski definition) is 2. The molecule has 0 saturated heterocycles. The zero-order chi connectivity index (χ0) is 25.6. The SMILES string of the molecule is Cc1cc(C(C)Nc2ccccc2C(=O)O)c2oc(-c3ccc4nc(C)cn4c3)c(C#N)c(=O)c2c1. The highest BCUT2D eigenvalue weighted by Gasteiger charge is 2.22. The monoisotopic (exact) mass is 478 g/mol. The molecule has 0 spiro atoms. The molecule has 0 aliphatic rings. The van der Waals surface area contributed by atoms with Crippen LogP contribution in [-0.2, 0) is 0 Å². The van der Waals surface area contributed by atoms with Gasteiger partial charge in [0.15, 0.2) is 5.76 Å². The van der Waals surface area contributed by atoms with Gasteiger partial charge in [0.25, 0.3) is 0 Å². The number of hydrogen-bond acceptors (Lipinski definition) is 6. The number of aryl methyl sites for hydroxylation is 2. The Morgan fingerprint density at radius 1 is 1.17 bits per heavy atom. The van der Waals surface area contributed by atoms with Crippen LogP contribution in [0, 0.1) is 25.2 Å². The minimum absolute atomic E-state index is 0.0768. The summed E-state index contributed by atoms with van der Waals surface area (Å²) in [6, 6.07) is 15.4. The molecule has 3 aromatic heterocycles. The first-order chi connectivity index (χ1) is 17.3. The topological polar surface area (TPSA) is 121 Å². The zero-order valence-corrected chi connectivity index (χ0v) is 19.9. The van der Waals surface area contributed by atoms with Crippen LogP contribution in [0.2, 0.25) is 0 Å². The van der Waals surface area contributed by atoms with Gasteiger partial charge in [0.2, 0.25) is 5.43 Å². The number of carboxylic acids is 1. The molecule has 0 amide bonds. The quantitative estimate of drug-likeness (QED) is 0.344. The fourth-order valence-electron chi connectivity index (χ4n) is 4.46. The number of fused-ring (bicyclic) bond motifs is 2. The van der Waals surface area contributed by atoms with E-state index in [1.54, 1.807) is 42.6 Å². The van der Waals surface area contributed by atoms with E-state index < -0.39 is 17.4 Å². The number of nitrogens with zero attached hydrogens (tertiary/aromatic N) is 3. The molecule has 36 heavy (non-hydrogen) atoms. The average molecular weight is 479 g/mol. The molecular formula is C28H22N4O4. The molecule has 1 unspecified atom stereocenters. The van der Waals surface area contributed by atoms with Crippen molar-refractivity contribution >= 4 is 28.3 Å². The number of carboxylic acid groups (broad SMARTS) is 1.